The Bertz CT molecular complexity index is 402. The topological polar surface area (TPSA) is 87.0 Å². The van der Waals surface area contributed by atoms with E-state index in [0.717, 1.165) is 5.56 Å². The summed E-state index contributed by atoms with van der Waals surface area (Å²) in [6.45, 7) is 3.48. The summed E-state index contributed by atoms with van der Waals surface area (Å²) in [5, 5.41) is 28.9. The van der Waals surface area contributed by atoms with Gasteiger partial charge in [-0.3, -0.25) is 0 Å². The van der Waals surface area contributed by atoms with Gasteiger partial charge in [0, 0.05) is 5.56 Å². The van der Waals surface area contributed by atoms with Gasteiger partial charge in [0.05, 0.1) is 6.61 Å². The lowest BCUT2D eigenvalue weighted by Gasteiger charge is -2.18. The second-order valence-electron chi connectivity index (χ2n) is 3.70. The van der Waals surface area contributed by atoms with Crippen molar-refractivity contribution in [2.24, 2.45) is 0 Å². The number of phenolic OH excluding ortho intramolecular Hbond substituents is 1. The van der Waals surface area contributed by atoms with Crippen molar-refractivity contribution >= 4 is 5.97 Å². The lowest BCUT2D eigenvalue weighted by Crippen LogP contribution is -2.30. The van der Waals surface area contributed by atoms with Crippen molar-refractivity contribution in [3.05, 3.63) is 29.3 Å². The van der Waals surface area contributed by atoms with Gasteiger partial charge in [0.1, 0.15) is 11.9 Å². The molecule has 0 heterocycles. The number of aliphatic hydroxyl groups is 2. The van der Waals surface area contributed by atoms with Crippen molar-refractivity contribution < 1.29 is 24.9 Å². The van der Waals surface area contributed by atoms with E-state index in [9.17, 15) is 20.1 Å². The number of aromatic hydroxyl groups is 1. The number of hydrogen-bond donors (Lipinski definition) is 3. The van der Waals surface area contributed by atoms with Crippen LogP contribution < -0.4 is 0 Å². The summed E-state index contributed by atoms with van der Waals surface area (Å²) in [7, 11) is 0. The molecule has 0 bridgehead atoms. The minimum Gasteiger partial charge on any atom is -0.508 e. The third-order valence-corrected chi connectivity index (χ3v) is 2.33. The molecule has 0 aliphatic heterocycles. The van der Waals surface area contributed by atoms with Crippen LogP contribution >= 0.6 is 0 Å². The maximum Gasteiger partial charge on any atom is 0.338 e. The van der Waals surface area contributed by atoms with Gasteiger partial charge in [0.25, 0.3) is 0 Å². The van der Waals surface area contributed by atoms with Crippen molar-refractivity contribution in [1.82, 2.24) is 0 Å². The molecule has 5 heteroatoms. The van der Waals surface area contributed by atoms with Gasteiger partial charge in [-0.05, 0) is 26.0 Å². The van der Waals surface area contributed by atoms with Gasteiger partial charge < -0.3 is 20.1 Å². The molecular weight excluding hydrogens is 224 g/mol. The molecule has 2 atom stereocenters. The molecule has 17 heavy (non-hydrogen) atoms. The minimum absolute atomic E-state index is 0.102. The maximum atomic E-state index is 11.2. The number of aryl methyl sites for hydroxylation is 1. The molecule has 1 aromatic rings. The maximum absolute atomic E-state index is 11.2. The van der Waals surface area contributed by atoms with Gasteiger partial charge in [0.2, 0.25) is 0 Å². The smallest absolute Gasteiger partial charge is 0.338 e. The van der Waals surface area contributed by atoms with Gasteiger partial charge in [-0.15, -0.1) is 0 Å². The van der Waals surface area contributed by atoms with E-state index in [4.69, 9.17) is 0 Å². The summed E-state index contributed by atoms with van der Waals surface area (Å²) in [5.41, 5.74) is 0.901. The highest BCUT2D eigenvalue weighted by atomic mass is 16.5. The van der Waals surface area contributed by atoms with E-state index < -0.39 is 18.2 Å². The third kappa shape index (κ3) is 3.18. The average Bonchev–Trinajstić information content (AvgIpc) is 2.30. The van der Waals surface area contributed by atoms with Gasteiger partial charge in [-0.2, -0.15) is 0 Å². The normalized spacial score (nSPS) is 14.1. The van der Waals surface area contributed by atoms with Crippen molar-refractivity contribution in [2.45, 2.75) is 26.1 Å². The van der Waals surface area contributed by atoms with Crippen molar-refractivity contribution in [1.29, 1.82) is 0 Å². The number of benzene rings is 1. The Morgan fingerprint density at radius 3 is 2.65 bits per heavy atom. The number of ether oxygens (including phenoxy) is 1. The molecule has 0 spiro atoms. The number of rotatable bonds is 4. The molecule has 0 radical (unpaired) electrons. The highest BCUT2D eigenvalue weighted by molar-refractivity contribution is 5.75. The molecule has 1 rings (SSSR count). The molecule has 0 amide bonds. The Hall–Kier alpha value is -1.59. The lowest BCUT2D eigenvalue weighted by atomic mass is 10.0. The fourth-order valence-corrected chi connectivity index (χ4v) is 1.44. The van der Waals surface area contributed by atoms with Crippen LogP contribution in [0.5, 0.6) is 5.75 Å². The van der Waals surface area contributed by atoms with E-state index in [1.54, 1.807) is 19.9 Å². The Kier molecular flexibility index (Phi) is 4.48. The summed E-state index contributed by atoms with van der Waals surface area (Å²) in [4.78, 5) is 11.2. The molecule has 0 aliphatic rings. The van der Waals surface area contributed by atoms with E-state index in [0.29, 0.717) is 0 Å². The second kappa shape index (κ2) is 5.65. The Morgan fingerprint density at radius 1 is 1.41 bits per heavy atom. The molecule has 94 valence electrons. The molecule has 0 aromatic heterocycles. The molecule has 0 fully saturated rings. The summed E-state index contributed by atoms with van der Waals surface area (Å²) < 4.78 is 4.59. The molecule has 0 aliphatic carbocycles. The highest BCUT2D eigenvalue weighted by Crippen LogP contribution is 2.27. The fraction of sp³-hybridized carbons (Fsp3) is 0.417. The van der Waals surface area contributed by atoms with Crippen LogP contribution in [0.1, 0.15) is 24.2 Å². The van der Waals surface area contributed by atoms with Gasteiger partial charge in [0.15, 0.2) is 6.10 Å². The molecular formula is C12H16O5. The van der Waals surface area contributed by atoms with Crippen LogP contribution in [0.3, 0.4) is 0 Å². The number of esters is 1. The zero-order valence-corrected chi connectivity index (χ0v) is 9.75. The molecule has 0 saturated carbocycles. The Morgan fingerprint density at radius 2 is 2.06 bits per heavy atom. The fourth-order valence-electron chi connectivity index (χ4n) is 1.44. The monoisotopic (exact) mass is 240 g/mol. The van der Waals surface area contributed by atoms with Crippen LogP contribution in [0.4, 0.5) is 0 Å². The molecule has 0 saturated heterocycles. The number of carbonyl (C=O) groups excluding carboxylic acids is 1. The predicted octanol–water partition coefficient (Wildman–Crippen LogP) is 0.658. The summed E-state index contributed by atoms with van der Waals surface area (Å²) in [5.74, 6) is -1.09. The first kappa shape index (κ1) is 13.5. The first-order chi connectivity index (χ1) is 7.97. The van der Waals surface area contributed by atoms with E-state index >= 15 is 0 Å². The van der Waals surface area contributed by atoms with Crippen LogP contribution in [0.2, 0.25) is 0 Å². The standard InChI is InChI=1S/C12H16O5/c1-3-17-12(16)11(15)10(14)8-6-7(2)4-5-9(8)13/h4-6,10-11,13-15H,3H2,1-2H3. The molecule has 1 aromatic carbocycles. The Balaban J connectivity index is 2.91. The van der Waals surface area contributed by atoms with E-state index in [2.05, 4.69) is 4.74 Å². The molecule has 2 unspecified atom stereocenters. The average molecular weight is 240 g/mol. The van der Waals surface area contributed by atoms with Gasteiger partial charge >= 0.3 is 5.97 Å². The van der Waals surface area contributed by atoms with E-state index in [-0.39, 0.29) is 17.9 Å². The number of aliphatic hydroxyl groups excluding tert-OH is 2. The zero-order chi connectivity index (χ0) is 13.0. The molecule has 5 nitrogen and oxygen atoms in total. The van der Waals surface area contributed by atoms with Crippen molar-refractivity contribution in [3.63, 3.8) is 0 Å². The van der Waals surface area contributed by atoms with E-state index in [1.807, 2.05) is 0 Å². The second-order valence-corrected chi connectivity index (χ2v) is 3.70. The van der Waals surface area contributed by atoms with Crippen LogP contribution in [-0.4, -0.2) is 34.0 Å². The summed E-state index contributed by atoms with van der Waals surface area (Å²) in [6, 6.07) is 4.55. The van der Waals surface area contributed by atoms with Crippen molar-refractivity contribution in [2.75, 3.05) is 6.61 Å². The summed E-state index contributed by atoms with van der Waals surface area (Å²) in [6.07, 6.45) is -3.21. The van der Waals surface area contributed by atoms with E-state index in [1.165, 1.54) is 12.1 Å². The molecule has 3 N–H and O–H groups in total. The van der Waals surface area contributed by atoms with Gasteiger partial charge in [-0.1, -0.05) is 11.6 Å². The predicted molar refractivity (Wildman–Crippen MR) is 60.4 cm³/mol. The zero-order valence-electron chi connectivity index (χ0n) is 9.75. The third-order valence-electron chi connectivity index (χ3n) is 2.33. The van der Waals surface area contributed by atoms with Gasteiger partial charge in [-0.25, -0.2) is 4.79 Å². The lowest BCUT2D eigenvalue weighted by molar-refractivity contribution is -0.159. The van der Waals surface area contributed by atoms with Crippen LogP contribution in [0, 0.1) is 6.92 Å². The first-order valence-corrected chi connectivity index (χ1v) is 5.29. The minimum atomic E-state index is -1.71. The largest absolute Gasteiger partial charge is 0.508 e. The highest BCUT2D eigenvalue weighted by Gasteiger charge is 2.28. The number of carbonyl (C=O) groups is 1. The SMILES string of the molecule is CCOC(=O)C(O)C(O)c1cc(C)ccc1O. The number of phenols is 1. The van der Waals surface area contributed by atoms with Crippen LogP contribution in [-0.2, 0) is 9.53 Å². The first-order valence-electron chi connectivity index (χ1n) is 5.29. The summed E-state index contributed by atoms with van der Waals surface area (Å²) >= 11 is 0. The number of hydrogen-bond acceptors (Lipinski definition) is 5. The van der Waals surface area contributed by atoms with Crippen LogP contribution in [0.25, 0.3) is 0 Å². The quantitative estimate of drug-likeness (QED) is 0.673. The van der Waals surface area contributed by atoms with Crippen LogP contribution in [0.15, 0.2) is 18.2 Å². The van der Waals surface area contributed by atoms with Crippen molar-refractivity contribution in [3.8, 4) is 5.75 Å². The Labute approximate surface area is 99.3 Å².